The fourth-order valence-electron chi connectivity index (χ4n) is 5.05. The summed E-state index contributed by atoms with van der Waals surface area (Å²) in [5, 5.41) is 17.1. The van der Waals surface area contributed by atoms with E-state index in [1.807, 2.05) is 27.9 Å². The summed E-state index contributed by atoms with van der Waals surface area (Å²) in [5.41, 5.74) is 6.95. The van der Waals surface area contributed by atoms with Gasteiger partial charge in [-0.15, -0.1) is 0 Å². The summed E-state index contributed by atoms with van der Waals surface area (Å²) in [4.78, 5) is 28.3. The highest BCUT2D eigenvalue weighted by molar-refractivity contribution is 5.97. The van der Waals surface area contributed by atoms with Gasteiger partial charge in [-0.1, -0.05) is 41.0 Å². The minimum Gasteiger partial charge on any atom is -0.493 e. The van der Waals surface area contributed by atoms with Crippen molar-refractivity contribution >= 4 is 11.8 Å². The molecular weight excluding hydrogens is 572 g/mol. The van der Waals surface area contributed by atoms with E-state index in [-0.39, 0.29) is 35.5 Å². The predicted molar refractivity (Wildman–Crippen MR) is 182 cm³/mol. The number of nitrogens with zero attached hydrogens (tertiary/aromatic N) is 1. The quantitative estimate of drug-likeness (QED) is 0.115. The van der Waals surface area contributed by atoms with E-state index < -0.39 is 12.1 Å². The summed E-state index contributed by atoms with van der Waals surface area (Å²) in [6.45, 7) is 13.9. The van der Waals surface area contributed by atoms with E-state index in [4.69, 9.17) is 19.9 Å². The van der Waals surface area contributed by atoms with E-state index >= 15 is 0 Å². The summed E-state index contributed by atoms with van der Waals surface area (Å²) in [5.74, 6) is 0.913. The molecule has 0 radical (unpaired) electrons. The van der Waals surface area contributed by atoms with E-state index in [0.717, 1.165) is 38.6 Å². The minimum atomic E-state index is -0.824. The van der Waals surface area contributed by atoms with Crippen molar-refractivity contribution in [2.75, 3.05) is 60.7 Å². The van der Waals surface area contributed by atoms with Gasteiger partial charge in [0.15, 0.2) is 0 Å². The lowest BCUT2D eigenvalue weighted by Gasteiger charge is -2.30. The van der Waals surface area contributed by atoms with Crippen LogP contribution in [0.3, 0.4) is 0 Å². The molecule has 10 nitrogen and oxygen atoms in total. The molecule has 1 rings (SSSR count). The van der Waals surface area contributed by atoms with Crippen LogP contribution < -0.4 is 25.8 Å². The molecule has 0 unspecified atom stereocenters. The average molecular weight is 637 g/mol. The number of aliphatic hydroxyl groups excluding tert-OH is 1. The highest BCUT2D eigenvalue weighted by Gasteiger charge is 2.30. The SMILES string of the molecule is CCCCNC(=O)[C@@H](C[C@H](O)[C@@H](N)C[C@H](CNC(=O)c1ccc(OCCCN(C)C)cc1OCCCCOC)C(C)C)C(C)C. The van der Waals surface area contributed by atoms with E-state index in [9.17, 15) is 14.7 Å². The second kappa shape index (κ2) is 23.0. The zero-order valence-corrected chi connectivity index (χ0v) is 29.4. The van der Waals surface area contributed by atoms with Gasteiger partial charge in [-0.3, -0.25) is 9.59 Å². The Balaban J connectivity index is 2.88. The van der Waals surface area contributed by atoms with Gasteiger partial charge in [0.25, 0.3) is 5.91 Å². The number of hydrogen-bond donors (Lipinski definition) is 4. The molecule has 0 saturated carbocycles. The topological polar surface area (TPSA) is 135 Å². The number of aliphatic hydroxyl groups is 1. The Bertz CT molecular complexity index is 958. The molecule has 0 saturated heterocycles. The van der Waals surface area contributed by atoms with Crippen LogP contribution in [0.4, 0.5) is 0 Å². The lowest BCUT2D eigenvalue weighted by Crippen LogP contribution is -2.44. The van der Waals surface area contributed by atoms with Crippen molar-refractivity contribution in [3.05, 3.63) is 23.8 Å². The van der Waals surface area contributed by atoms with Crippen molar-refractivity contribution < 1.29 is 28.9 Å². The first-order valence-corrected chi connectivity index (χ1v) is 16.9. The van der Waals surface area contributed by atoms with Crippen molar-refractivity contribution in [2.45, 2.75) is 91.7 Å². The molecule has 5 N–H and O–H groups in total. The van der Waals surface area contributed by atoms with Crippen LogP contribution in [-0.2, 0) is 9.53 Å². The van der Waals surface area contributed by atoms with Crippen molar-refractivity contribution in [2.24, 2.45) is 29.4 Å². The van der Waals surface area contributed by atoms with Gasteiger partial charge in [0.2, 0.25) is 5.91 Å². The van der Waals surface area contributed by atoms with Crippen LogP contribution in [0.1, 0.15) is 89.9 Å². The molecule has 10 heteroatoms. The third kappa shape index (κ3) is 16.6. The number of amides is 2. The monoisotopic (exact) mass is 636 g/mol. The number of methoxy groups -OCH3 is 1. The molecule has 260 valence electrons. The van der Waals surface area contributed by atoms with E-state index in [2.05, 4.69) is 36.3 Å². The van der Waals surface area contributed by atoms with Gasteiger partial charge in [0, 0.05) is 51.4 Å². The molecule has 0 aliphatic rings. The lowest BCUT2D eigenvalue weighted by atomic mass is 9.83. The predicted octanol–water partition coefficient (Wildman–Crippen LogP) is 4.48. The molecular formula is C35H64N4O6. The van der Waals surface area contributed by atoms with Crippen LogP contribution in [0.15, 0.2) is 18.2 Å². The zero-order valence-electron chi connectivity index (χ0n) is 29.4. The number of carbonyl (C=O) groups excluding carboxylic acids is 2. The number of hydrogen-bond acceptors (Lipinski definition) is 8. The van der Waals surface area contributed by atoms with Crippen LogP contribution >= 0.6 is 0 Å². The number of rotatable bonds is 25. The Kier molecular flexibility index (Phi) is 20.8. The van der Waals surface area contributed by atoms with Gasteiger partial charge in [0.1, 0.15) is 11.5 Å². The van der Waals surface area contributed by atoms with Gasteiger partial charge in [-0.05, 0) is 82.5 Å². The second-order valence-electron chi connectivity index (χ2n) is 13.1. The van der Waals surface area contributed by atoms with E-state index in [1.165, 1.54) is 0 Å². The molecule has 0 aliphatic heterocycles. The Hall–Kier alpha value is -2.40. The zero-order chi connectivity index (χ0) is 33.8. The molecule has 0 aromatic heterocycles. The number of benzene rings is 1. The van der Waals surface area contributed by atoms with E-state index in [1.54, 1.807) is 25.3 Å². The van der Waals surface area contributed by atoms with E-state index in [0.29, 0.717) is 62.8 Å². The van der Waals surface area contributed by atoms with Crippen molar-refractivity contribution in [1.82, 2.24) is 15.5 Å². The maximum Gasteiger partial charge on any atom is 0.255 e. The molecule has 0 fully saturated rings. The van der Waals surface area contributed by atoms with Gasteiger partial charge in [-0.2, -0.15) is 0 Å². The Morgan fingerprint density at radius 1 is 0.933 bits per heavy atom. The third-order valence-corrected chi connectivity index (χ3v) is 8.22. The summed E-state index contributed by atoms with van der Waals surface area (Å²) in [6.07, 6.45) is 4.49. The summed E-state index contributed by atoms with van der Waals surface area (Å²) in [6, 6.07) is 4.82. The highest BCUT2D eigenvalue weighted by Crippen LogP contribution is 2.27. The number of carbonyl (C=O) groups is 2. The summed E-state index contributed by atoms with van der Waals surface area (Å²) in [7, 11) is 5.73. The van der Waals surface area contributed by atoms with Crippen molar-refractivity contribution in [3.63, 3.8) is 0 Å². The molecule has 1 aromatic rings. The Morgan fingerprint density at radius 3 is 2.24 bits per heavy atom. The first-order valence-electron chi connectivity index (χ1n) is 16.9. The van der Waals surface area contributed by atoms with Crippen molar-refractivity contribution in [3.8, 4) is 11.5 Å². The number of nitrogens with two attached hydrogens (primary N) is 1. The lowest BCUT2D eigenvalue weighted by molar-refractivity contribution is -0.127. The third-order valence-electron chi connectivity index (χ3n) is 8.22. The molecule has 0 heterocycles. The van der Waals surface area contributed by atoms with Crippen LogP contribution in [-0.4, -0.2) is 94.6 Å². The Morgan fingerprint density at radius 2 is 1.62 bits per heavy atom. The summed E-state index contributed by atoms with van der Waals surface area (Å²) < 4.78 is 17.1. The number of ether oxygens (including phenoxy) is 3. The molecule has 0 aliphatic carbocycles. The van der Waals surface area contributed by atoms with Gasteiger partial charge >= 0.3 is 0 Å². The number of unbranched alkanes of at least 4 members (excludes halogenated alkanes) is 2. The second-order valence-corrected chi connectivity index (χ2v) is 13.1. The van der Waals surface area contributed by atoms with Gasteiger partial charge in [-0.25, -0.2) is 0 Å². The van der Waals surface area contributed by atoms with Gasteiger partial charge < -0.3 is 40.6 Å². The van der Waals surface area contributed by atoms with Crippen LogP contribution in [0.2, 0.25) is 0 Å². The first kappa shape index (κ1) is 40.6. The molecule has 4 atom stereocenters. The molecule has 1 aromatic carbocycles. The van der Waals surface area contributed by atoms with Crippen LogP contribution in [0.25, 0.3) is 0 Å². The van der Waals surface area contributed by atoms with Gasteiger partial charge in [0.05, 0.1) is 24.9 Å². The maximum atomic E-state index is 13.4. The standard InChI is InChI=1S/C35H64N4O6/c1-9-10-16-37-35(42)30(26(4)5)23-32(40)31(36)21-27(25(2)3)24-38-34(41)29-15-14-28(44-20-13-17-39(6)7)22-33(29)45-19-12-11-18-43-8/h14-15,22,25-27,30-32,40H,9-13,16-21,23-24,36H2,1-8H3,(H,37,42)(H,38,41)/t27-,30+,31+,32+/m1/s1. The number of nitrogens with one attached hydrogen (secondary N) is 2. The molecule has 45 heavy (non-hydrogen) atoms. The van der Waals surface area contributed by atoms with Crippen LogP contribution in [0.5, 0.6) is 11.5 Å². The van der Waals surface area contributed by atoms with Crippen molar-refractivity contribution in [1.29, 1.82) is 0 Å². The fourth-order valence-corrected chi connectivity index (χ4v) is 5.05. The average Bonchev–Trinajstić information content (AvgIpc) is 2.99. The largest absolute Gasteiger partial charge is 0.493 e. The highest BCUT2D eigenvalue weighted by atomic mass is 16.5. The maximum absolute atomic E-state index is 13.4. The fraction of sp³-hybridized carbons (Fsp3) is 0.771. The minimum absolute atomic E-state index is 0.0286. The first-order chi connectivity index (χ1) is 21.4. The molecule has 2 amide bonds. The molecule has 0 spiro atoms. The normalized spacial score (nSPS) is 14.3. The summed E-state index contributed by atoms with van der Waals surface area (Å²) >= 11 is 0. The smallest absolute Gasteiger partial charge is 0.255 e. The van der Waals surface area contributed by atoms with Crippen LogP contribution in [0, 0.1) is 23.7 Å². The Labute approximate surface area is 273 Å². The molecule has 0 bridgehead atoms.